The lowest BCUT2D eigenvalue weighted by Gasteiger charge is -2.23. The Morgan fingerprint density at radius 1 is 1.21 bits per heavy atom. The van der Waals surface area contributed by atoms with Crippen LogP contribution in [0, 0.1) is 0 Å². The van der Waals surface area contributed by atoms with Crippen molar-refractivity contribution in [1.82, 2.24) is 0 Å². The second kappa shape index (κ2) is 5.21. The van der Waals surface area contributed by atoms with Crippen LogP contribution >= 0.6 is 0 Å². The Morgan fingerprint density at radius 2 is 1.79 bits per heavy atom. The van der Waals surface area contributed by atoms with E-state index in [1.54, 1.807) is 0 Å². The molecule has 5 nitrogen and oxygen atoms in total. The molecule has 0 unspecified atom stereocenters. The van der Waals surface area contributed by atoms with Gasteiger partial charge in [0.2, 0.25) is 0 Å². The van der Waals surface area contributed by atoms with Gasteiger partial charge in [0.1, 0.15) is 16.9 Å². The van der Waals surface area contributed by atoms with Crippen molar-refractivity contribution in [2.75, 3.05) is 13.4 Å². The SMILES string of the molecule is COC(=O)c1cc(S(C)(=O)=O)ccc1OC(C)(C)C. The Morgan fingerprint density at radius 3 is 2.21 bits per heavy atom. The van der Waals surface area contributed by atoms with Crippen molar-refractivity contribution in [2.24, 2.45) is 0 Å². The molecule has 0 bridgehead atoms. The van der Waals surface area contributed by atoms with Crippen LogP contribution in [-0.4, -0.2) is 33.4 Å². The van der Waals surface area contributed by atoms with Gasteiger partial charge < -0.3 is 9.47 Å². The van der Waals surface area contributed by atoms with Crippen molar-refractivity contribution in [2.45, 2.75) is 31.3 Å². The molecule has 106 valence electrons. The molecule has 0 aliphatic rings. The summed E-state index contributed by atoms with van der Waals surface area (Å²) in [5, 5.41) is 0. The minimum atomic E-state index is -3.39. The molecule has 1 aromatic rings. The Balaban J connectivity index is 3.37. The van der Waals surface area contributed by atoms with Crippen LogP contribution in [0.15, 0.2) is 23.1 Å². The van der Waals surface area contributed by atoms with E-state index in [9.17, 15) is 13.2 Å². The zero-order valence-corrected chi connectivity index (χ0v) is 12.5. The molecule has 0 saturated carbocycles. The van der Waals surface area contributed by atoms with Crippen LogP contribution in [-0.2, 0) is 14.6 Å². The molecule has 0 fully saturated rings. The third kappa shape index (κ3) is 4.24. The number of rotatable bonds is 3. The molecular weight excluding hydrogens is 268 g/mol. The maximum absolute atomic E-state index is 11.7. The maximum Gasteiger partial charge on any atom is 0.341 e. The van der Waals surface area contributed by atoms with Gasteiger partial charge >= 0.3 is 5.97 Å². The molecule has 0 saturated heterocycles. The largest absolute Gasteiger partial charge is 0.487 e. The van der Waals surface area contributed by atoms with Crippen molar-refractivity contribution in [3.63, 3.8) is 0 Å². The lowest BCUT2D eigenvalue weighted by molar-refractivity contribution is 0.0586. The predicted molar refractivity (Wildman–Crippen MR) is 71.3 cm³/mol. The molecule has 0 amide bonds. The van der Waals surface area contributed by atoms with Crippen LogP contribution in [0.25, 0.3) is 0 Å². The number of hydrogen-bond acceptors (Lipinski definition) is 5. The van der Waals surface area contributed by atoms with Crippen molar-refractivity contribution < 1.29 is 22.7 Å². The first-order valence-corrected chi connectivity index (χ1v) is 7.55. The second-order valence-corrected chi connectivity index (χ2v) is 7.15. The summed E-state index contributed by atoms with van der Waals surface area (Å²) in [6.45, 7) is 5.50. The third-order valence-electron chi connectivity index (χ3n) is 2.20. The zero-order valence-electron chi connectivity index (χ0n) is 11.7. The minimum absolute atomic E-state index is 0.0501. The number of carbonyl (C=O) groups excluding carboxylic acids is 1. The highest BCUT2D eigenvalue weighted by Gasteiger charge is 2.21. The highest BCUT2D eigenvalue weighted by molar-refractivity contribution is 7.90. The Labute approximate surface area is 113 Å². The van der Waals surface area contributed by atoms with Gasteiger partial charge in [0.05, 0.1) is 12.0 Å². The van der Waals surface area contributed by atoms with E-state index in [-0.39, 0.29) is 10.5 Å². The van der Waals surface area contributed by atoms with Gasteiger partial charge in [-0.25, -0.2) is 13.2 Å². The molecule has 0 radical (unpaired) electrons. The molecule has 0 aromatic heterocycles. The number of esters is 1. The number of ether oxygens (including phenoxy) is 2. The summed E-state index contributed by atoms with van der Waals surface area (Å²) < 4.78 is 33.3. The minimum Gasteiger partial charge on any atom is -0.487 e. The van der Waals surface area contributed by atoms with Gasteiger partial charge in [-0.15, -0.1) is 0 Å². The first kappa shape index (κ1) is 15.5. The van der Waals surface area contributed by atoms with E-state index >= 15 is 0 Å². The Hall–Kier alpha value is -1.56. The quantitative estimate of drug-likeness (QED) is 0.795. The molecule has 0 N–H and O–H groups in total. The van der Waals surface area contributed by atoms with E-state index in [4.69, 9.17) is 4.74 Å². The lowest BCUT2D eigenvalue weighted by Crippen LogP contribution is -2.24. The van der Waals surface area contributed by atoms with E-state index in [0.717, 1.165) is 6.26 Å². The molecule has 0 aliphatic carbocycles. The third-order valence-corrected chi connectivity index (χ3v) is 3.31. The summed E-state index contributed by atoms with van der Waals surface area (Å²) in [5.41, 5.74) is -0.407. The van der Waals surface area contributed by atoms with Gasteiger partial charge in [-0.3, -0.25) is 0 Å². The first-order chi connectivity index (χ1) is 8.54. The monoisotopic (exact) mass is 286 g/mol. The maximum atomic E-state index is 11.7. The van der Waals surface area contributed by atoms with Crippen LogP contribution in [0.2, 0.25) is 0 Å². The van der Waals surface area contributed by atoms with Gasteiger partial charge in [0.15, 0.2) is 9.84 Å². The molecule has 0 spiro atoms. The standard InChI is InChI=1S/C13H18O5S/c1-13(2,3)18-11-7-6-9(19(5,15)16)8-10(11)12(14)17-4/h6-8H,1-5H3. The summed E-state index contributed by atoms with van der Waals surface area (Å²) in [6, 6.07) is 4.14. The molecule has 19 heavy (non-hydrogen) atoms. The number of sulfone groups is 1. The topological polar surface area (TPSA) is 69.7 Å². The van der Waals surface area contributed by atoms with Gasteiger partial charge in [0.25, 0.3) is 0 Å². The molecular formula is C13H18O5S. The van der Waals surface area contributed by atoms with Gasteiger partial charge in [-0.1, -0.05) is 0 Å². The normalized spacial score (nSPS) is 12.1. The van der Waals surface area contributed by atoms with E-state index in [2.05, 4.69) is 4.74 Å². The van der Waals surface area contributed by atoms with Gasteiger partial charge in [-0.2, -0.15) is 0 Å². The summed E-state index contributed by atoms with van der Waals surface area (Å²) >= 11 is 0. The average molecular weight is 286 g/mol. The Bertz CT molecular complexity index is 582. The predicted octanol–water partition coefficient (Wildman–Crippen LogP) is 2.05. The van der Waals surface area contributed by atoms with Gasteiger partial charge in [0, 0.05) is 6.26 Å². The first-order valence-electron chi connectivity index (χ1n) is 5.66. The number of methoxy groups -OCH3 is 1. The summed E-state index contributed by atoms with van der Waals surface area (Å²) in [7, 11) is -2.16. The zero-order chi connectivity index (χ0) is 14.8. The van der Waals surface area contributed by atoms with Crippen LogP contribution in [0.1, 0.15) is 31.1 Å². The summed E-state index contributed by atoms with van der Waals surface area (Å²) in [6.07, 6.45) is 1.08. The van der Waals surface area contributed by atoms with Crippen LogP contribution < -0.4 is 4.74 Å². The molecule has 0 aliphatic heterocycles. The average Bonchev–Trinajstić information content (AvgIpc) is 2.25. The highest BCUT2D eigenvalue weighted by atomic mass is 32.2. The Kier molecular flexibility index (Phi) is 4.25. The van der Waals surface area contributed by atoms with Crippen molar-refractivity contribution in [1.29, 1.82) is 0 Å². The number of carbonyl (C=O) groups is 1. The molecule has 0 heterocycles. The fourth-order valence-corrected chi connectivity index (χ4v) is 2.08. The van der Waals surface area contributed by atoms with E-state index in [0.29, 0.717) is 5.75 Å². The fourth-order valence-electron chi connectivity index (χ4n) is 1.43. The smallest absolute Gasteiger partial charge is 0.341 e. The molecule has 1 aromatic carbocycles. The van der Waals surface area contributed by atoms with Crippen molar-refractivity contribution in [3.8, 4) is 5.75 Å². The molecule has 1 rings (SSSR count). The van der Waals surface area contributed by atoms with E-state index < -0.39 is 21.4 Å². The van der Waals surface area contributed by atoms with Crippen LogP contribution in [0.5, 0.6) is 5.75 Å². The van der Waals surface area contributed by atoms with E-state index in [1.807, 2.05) is 20.8 Å². The summed E-state index contributed by atoms with van der Waals surface area (Å²) in [4.78, 5) is 11.8. The lowest BCUT2D eigenvalue weighted by atomic mass is 10.1. The van der Waals surface area contributed by atoms with Crippen molar-refractivity contribution >= 4 is 15.8 Å². The number of benzene rings is 1. The fraction of sp³-hybridized carbons (Fsp3) is 0.462. The molecule has 6 heteroatoms. The van der Waals surface area contributed by atoms with Gasteiger partial charge in [-0.05, 0) is 39.0 Å². The van der Waals surface area contributed by atoms with Crippen molar-refractivity contribution in [3.05, 3.63) is 23.8 Å². The highest BCUT2D eigenvalue weighted by Crippen LogP contribution is 2.26. The molecule has 0 atom stereocenters. The van der Waals surface area contributed by atoms with Crippen LogP contribution in [0.3, 0.4) is 0 Å². The van der Waals surface area contributed by atoms with Crippen LogP contribution in [0.4, 0.5) is 0 Å². The van der Waals surface area contributed by atoms with E-state index in [1.165, 1.54) is 25.3 Å². The summed E-state index contributed by atoms with van der Waals surface area (Å²) in [5.74, 6) is -0.337. The number of hydrogen-bond donors (Lipinski definition) is 0. The second-order valence-electron chi connectivity index (χ2n) is 5.14.